The molecule has 1 saturated carbocycles. The molecule has 1 unspecified atom stereocenters. The summed E-state index contributed by atoms with van der Waals surface area (Å²) in [6.07, 6.45) is 6.39. The number of rotatable bonds is 10. The highest BCUT2D eigenvalue weighted by atomic mass is 31.2. The number of allylic oxidation sites excluding steroid dienone is 1. The first-order chi connectivity index (χ1) is 12.9. The summed E-state index contributed by atoms with van der Waals surface area (Å²) in [6, 6.07) is 8.17. The van der Waals surface area contributed by atoms with Crippen LogP contribution < -0.4 is 9.61 Å². The van der Waals surface area contributed by atoms with Gasteiger partial charge in [0.05, 0.1) is 12.8 Å². The Morgan fingerprint density at radius 3 is 2.63 bits per heavy atom. The van der Waals surface area contributed by atoms with Crippen LogP contribution >= 0.6 is 7.52 Å². The van der Waals surface area contributed by atoms with Crippen molar-refractivity contribution in [3.05, 3.63) is 42.0 Å². The summed E-state index contributed by atoms with van der Waals surface area (Å²) in [5.41, 5.74) is 0.801. The quantitative estimate of drug-likeness (QED) is 0.353. The lowest BCUT2D eigenvalue weighted by Crippen LogP contribution is -2.36. The van der Waals surface area contributed by atoms with Crippen LogP contribution in [0.1, 0.15) is 46.0 Å². The number of carbonyl (C=O) groups is 1. The van der Waals surface area contributed by atoms with Crippen molar-refractivity contribution in [1.29, 1.82) is 0 Å². The topological polar surface area (TPSA) is 84.9 Å². The Bertz CT molecular complexity index is 670. The van der Waals surface area contributed by atoms with E-state index in [1.54, 1.807) is 38.1 Å². The average Bonchev–Trinajstić information content (AvgIpc) is 3.15. The van der Waals surface area contributed by atoms with Crippen LogP contribution in [0.4, 0.5) is 0 Å². The van der Waals surface area contributed by atoms with Crippen molar-refractivity contribution >= 4 is 13.5 Å². The smallest absolute Gasteiger partial charge is 0.323 e. The second kappa shape index (κ2) is 10.6. The van der Waals surface area contributed by atoms with Crippen molar-refractivity contribution < 1.29 is 23.7 Å². The lowest BCUT2D eigenvalue weighted by atomic mass is 10.3. The highest BCUT2D eigenvalue weighted by Crippen LogP contribution is 2.44. The summed E-state index contributed by atoms with van der Waals surface area (Å²) in [5.74, 6) is 0.0772. The zero-order valence-electron chi connectivity index (χ0n) is 16.1. The molecule has 0 aliphatic heterocycles. The Morgan fingerprint density at radius 1 is 1.33 bits per heavy atom. The molecule has 0 heterocycles. The van der Waals surface area contributed by atoms with Gasteiger partial charge in [-0.2, -0.15) is 0 Å². The summed E-state index contributed by atoms with van der Waals surface area (Å²) in [6.45, 7) is 3.41. The summed E-state index contributed by atoms with van der Waals surface area (Å²) in [4.78, 5) is 12.4. The molecular formula is C20H30NO5P. The molecule has 0 radical (unpaired) electrons. The van der Waals surface area contributed by atoms with Gasteiger partial charge in [0.2, 0.25) is 0 Å². The lowest BCUT2D eigenvalue weighted by molar-refractivity contribution is -0.150. The van der Waals surface area contributed by atoms with Crippen LogP contribution in [-0.2, 0) is 14.1 Å². The number of para-hydroxylation sites is 1. The van der Waals surface area contributed by atoms with Gasteiger partial charge in [-0.3, -0.25) is 9.36 Å². The third-order valence-corrected chi connectivity index (χ3v) is 6.62. The number of ether oxygens (including phenoxy) is 1. The van der Waals surface area contributed by atoms with E-state index >= 15 is 0 Å². The number of esters is 1. The fourth-order valence-electron chi connectivity index (χ4n) is 2.95. The Labute approximate surface area is 161 Å². The van der Waals surface area contributed by atoms with Crippen LogP contribution in [0.2, 0.25) is 0 Å². The SMILES string of the molecule is C/C(=C\CCP(=O)(N[C@@H](C)C(=O)OC1CCCC1)Oc1ccccc1)CO. The minimum atomic E-state index is -3.34. The van der Waals surface area contributed by atoms with E-state index in [1.165, 1.54) is 0 Å². The molecule has 1 aromatic carbocycles. The predicted octanol–water partition coefficient (Wildman–Crippen LogP) is 4.05. The number of aliphatic hydroxyl groups is 1. The molecule has 1 aromatic rings. The molecule has 1 aliphatic carbocycles. The van der Waals surface area contributed by atoms with Gasteiger partial charge in [0, 0.05) is 0 Å². The van der Waals surface area contributed by atoms with Crippen LogP contribution in [-0.4, -0.2) is 36.0 Å². The molecule has 1 fully saturated rings. The standard InChI is InChI=1S/C20H30NO5P/c1-16(15-22)9-8-14-27(24,26-19-12-4-3-5-13-19)21-17(2)20(23)25-18-10-6-7-11-18/h3-5,9,12-13,17-18,22H,6-8,10-11,14-15H2,1-2H3,(H,21,24)/b16-9+/t17-,27?/m0/s1. The molecule has 2 N–H and O–H groups in total. The second-order valence-corrected chi connectivity index (χ2v) is 9.23. The molecule has 27 heavy (non-hydrogen) atoms. The number of aliphatic hydroxyl groups excluding tert-OH is 1. The maximum atomic E-state index is 13.4. The van der Waals surface area contributed by atoms with E-state index in [9.17, 15) is 9.36 Å². The van der Waals surface area contributed by atoms with Gasteiger partial charge in [0.1, 0.15) is 17.9 Å². The predicted molar refractivity (Wildman–Crippen MR) is 106 cm³/mol. The molecule has 1 aliphatic rings. The van der Waals surface area contributed by atoms with E-state index in [0.717, 1.165) is 31.3 Å². The highest BCUT2D eigenvalue weighted by molar-refractivity contribution is 7.57. The Morgan fingerprint density at radius 2 is 2.00 bits per heavy atom. The monoisotopic (exact) mass is 395 g/mol. The van der Waals surface area contributed by atoms with Gasteiger partial charge in [-0.15, -0.1) is 0 Å². The van der Waals surface area contributed by atoms with E-state index in [2.05, 4.69) is 5.09 Å². The molecule has 0 amide bonds. The van der Waals surface area contributed by atoms with Crippen molar-refractivity contribution in [2.75, 3.05) is 12.8 Å². The molecule has 0 saturated heterocycles. The number of carbonyl (C=O) groups excluding carboxylic acids is 1. The first kappa shape index (κ1) is 21.7. The van der Waals surface area contributed by atoms with Gasteiger partial charge >= 0.3 is 13.5 Å². The maximum absolute atomic E-state index is 13.4. The number of hydrogen-bond donors (Lipinski definition) is 2. The van der Waals surface area contributed by atoms with E-state index in [1.807, 2.05) is 12.1 Å². The van der Waals surface area contributed by atoms with Gasteiger partial charge in [0.15, 0.2) is 0 Å². The Kier molecular flexibility index (Phi) is 8.55. The summed E-state index contributed by atoms with van der Waals surface area (Å²) >= 11 is 0. The third kappa shape index (κ3) is 7.49. The van der Waals surface area contributed by atoms with Crippen LogP contribution in [0.3, 0.4) is 0 Å². The molecule has 2 atom stereocenters. The van der Waals surface area contributed by atoms with Crippen LogP contribution in [0.25, 0.3) is 0 Å². The summed E-state index contributed by atoms with van der Waals surface area (Å²) in [7, 11) is -3.34. The maximum Gasteiger partial charge on any atom is 0.323 e. The zero-order chi connectivity index (χ0) is 19.7. The van der Waals surface area contributed by atoms with E-state index in [0.29, 0.717) is 12.2 Å². The molecule has 6 nitrogen and oxygen atoms in total. The molecule has 150 valence electrons. The van der Waals surface area contributed by atoms with Crippen LogP contribution in [0, 0.1) is 0 Å². The number of benzene rings is 1. The molecule has 0 spiro atoms. The number of hydrogen-bond acceptors (Lipinski definition) is 5. The first-order valence-corrected chi connectivity index (χ1v) is 11.3. The van der Waals surface area contributed by atoms with Gasteiger partial charge in [-0.05, 0) is 58.1 Å². The first-order valence-electron chi connectivity index (χ1n) is 9.50. The van der Waals surface area contributed by atoms with Crippen molar-refractivity contribution in [2.24, 2.45) is 0 Å². The van der Waals surface area contributed by atoms with Gasteiger partial charge in [-0.1, -0.05) is 29.8 Å². The fourth-order valence-corrected chi connectivity index (χ4v) is 4.85. The van der Waals surface area contributed by atoms with Gasteiger partial charge in [-0.25, -0.2) is 5.09 Å². The fraction of sp³-hybridized carbons (Fsp3) is 0.550. The van der Waals surface area contributed by atoms with E-state index < -0.39 is 19.5 Å². The molecule has 0 aromatic heterocycles. The molecule has 7 heteroatoms. The minimum absolute atomic E-state index is 0.0358. The second-order valence-electron chi connectivity index (χ2n) is 6.99. The van der Waals surface area contributed by atoms with Gasteiger partial charge < -0.3 is 14.4 Å². The third-order valence-electron chi connectivity index (χ3n) is 4.49. The average molecular weight is 395 g/mol. The Balaban J connectivity index is 2.03. The zero-order valence-corrected chi connectivity index (χ0v) is 17.0. The van der Waals surface area contributed by atoms with Crippen LogP contribution in [0.15, 0.2) is 42.0 Å². The van der Waals surface area contributed by atoms with Gasteiger partial charge in [0.25, 0.3) is 0 Å². The van der Waals surface area contributed by atoms with Crippen molar-refractivity contribution in [3.8, 4) is 5.75 Å². The number of nitrogens with one attached hydrogen (secondary N) is 1. The van der Waals surface area contributed by atoms with Crippen molar-refractivity contribution in [1.82, 2.24) is 5.09 Å². The largest absolute Gasteiger partial charge is 0.461 e. The molecule has 2 rings (SSSR count). The van der Waals surface area contributed by atoms with Crippen molar-refractivity contribution in [3.63, 3.8) is 0 Å². The molecular weight excluding hydrogens is 365 g/mol. The summed E-state index contributed by atoms with van der Waals surface area (Å²) < 4.78 is 24.6. The Hall–Kier alpha value is -1.62. The molecule has 0 bridgehead atoms. The normalized spacial score (nSPS) is 18.7. The lowest BCUT2D eigenvalue weighted by Gasteiger charge is -2.24. The minimum Gasteiger partial charge on any atom is -0.461 e. The summed E-state index contributed by atoms with van der Waals surface area (Å²) in [5, 5.41) is 12.0. The van der Waals surface area contributed by atoms with Crippen molar-refractivity contribution in [2.45, 2.75) is 58.1 Å². The van der Waals surface area contributed by atoms with E-state index in [4.69, 9.17) is 14.4 Å². The highest BCUT2D eigenvalue weighted by Gasteiger charge is 2.31. The van der Waals surface area contributed by atoms with Crippen LogP contribution in [0.5, 0.6) is 5.75 Å². The van der Waals surface area contributed by atoms with E-state index in [-0.39, 0.29) is 18.9 Å².